The number of rotatable bonds is 8. The van der Waals surface area contributed by atoms with Crippen LogP contribution in [-0.4, -0.2) is 21.0 Å². The van der Waals surface area contributed by atoms with Gasteiger partial charge in [-0.25, -0.2) is 13.8 Å². The zero-order chi connectivity index (χ0) is 24.2. The van der Waals surface area contributed by atoms with Crippen LogP contribution in [0.1, 0.15) is 34.0 Å². The van der Waals surface area contributed by atoms with Crippen molar-refractivity contribution in [2.45, 2.75) is 33.1 Å². The van der Waals surface area contributed by atoms with E-state index in [4.69, 9.17) is 4.42 Å². The number of halogens is 2. The van der Waals surface area contributed by atoms with Gasteiger partial charge in [0.25, 0.3) is 0 Å². The van der Waals surface area contributed by atoms with E-state index in [1.54, 1.807) is 6.20 Å². The third-order valence-corrected chi connectivity index (χ3v) is 5.84. The first-order valence-corrected chi connectivity index (χ1v) is 10.9. The van der Waals surface area contributed by atoms with Gasteiger partial charge in [0.05, 0.1) is 29.2 Å². The van der Waals surface area contributed by atoms with Crippen LogP contribution in [0, 0.1) is 31.4 Å². The molecule has 5 nitrogen and oxygen atoms in total. The molecule has 1 unspecified atom stereocenters. The van der Waals surface area contributed by atoms with E-state index in [1.807, 2.05) is 50.2 Å². The number of hydrogen-bond acceptors (Lipinski definition) is 4. The van der Waals surface area contributed by atoms with Crippen molar-refractivity contribution in [3.05, 3.63) is 106 Å². The minimum Gasteiger partial charge on any atom is -0.481 e. The lowest BCUT2D eigenvalue weighted by atomic mass is 9.95. The molecule has 4 aromatic rings. The highest BCUT2D eigenvalue weighted by atomic mass is 19.2. The average molecular weight is 462 g/mol. The van der Waals surface area contributed by atoms with Crippen LogP contribution in [0.25, 0.3) is 11.3 Å². The lowest BCUT2D eigenvalue weighted by Crippen LogP contribution is -2.21. The van der Waals surface area contributed by atoms with Gasteiger partial charge in [-0.15, -0.1) is 0 Å². The van der Waals surface area contributed by atoms with Gasteiger partial charge in [0.15, 0.2) is 11.6 Å². The maximum absolute atomic E-state index is 14.4. The summed E-state index contributed by atoms with van der Waals surface area (Å²) in [6.45, 7) is 3.73. The molecule has 0 bridgehead atoms. The van der Waals surface area contributed by atoms with Crippen LogP contribution in [0.5, 0.6) is 0 Å². The molecule has 0 aliphatic carbocycles. The summed E-state index contributed by atoms with van der Waals surface area (Å²) in [7, 11) is 0. The molecule has 2 aromatic heterocycles. The number of carboxylic acids is 1. The number of hydrogen-bond donors (Lipinski definition) is 1. The molecule has 174 valence electrons. The van der Waals surface area contributed by atoms with Crippen LogP contribution in [0.4, 0.5) is 8.78 Å². The molecule has 34 heavy (non-hydrogen) atoms. The first-order valence-electron chi connectivity index (χ1n) is 10.9. The number of carboxylic acid groups (broad SMARTS) is 1. The Kier molecular flexibility index (Phi) is 6.82. The molecule has 0 fully saturated rings. The Morgan fingerprint density at radius 2 is 1.79 bits per heavy atom. The van der Waals surface area contributed by atoms with Crippen molar-refractivity contribution in [1.29, 1.82) is 0 Å². The highest BCUT2D eigenvalue weighted by Gasteiger charge is 2.24. The molecule has 0 aliphatic heterocycles. The monoisotopic (exact) mass is 462 g/mol. The Morgan fingerprint density at radius 3 is 2.47 bits per heavy atom. The maximum Gasteiger partial charge on any atom is 0.307 e. The number of aliphatic carboxylic acids is 1. The van der Waals surface area contributed by atoms with Crippen LogP contribution in [-0.2, 0) is 24.1 Å². The standard InChI is InChI=1S/C27H24F2N2O3/c1-16-11-21(34-17(16)2)12-20(27(32)33)14-23-24(13-19-9-6-10-22(28)26(19)29)31-25(15-30-23)18-7-4-3-5-8-18/h3-11,15,20H,12-14H2,1-2H3,(H,32,33). The van der Waals surface area contributed by atoms with E-state index in [-0.39, 0.29) is 24.8 Å². The zero-order valence-electron chi connectivity index (χ0n) is 18.9. The summed E-state index contributed by atoms with van der Waals surface area (Å²) < 4.78 is 33.9. The van der Waals surface area contributed by atoms with E-state index in [9.17, 15) is 18.7 Å². The molecular weight excluding hydrogens is 438 g/mol. The molecule has 1 N–H and O–H groups in total. The molecular formula is C27H24F2N2O3. The smallest absolute Gasteiger partial charge is 0.307 e. The molecule has 0 aliphatic rings. The second-order valence-corrected chi connectivity index (χ2v) is 8.30. The summed E-state index contributed by atoms with van der Waals surface area (Å²) >= 11 is 0. The van der Waals surface area contributed by atoms with Crippen LogP contribution in [0.3, 0.4) is 0 Å². The molecule has 7 heteroatoms. The molecule has 1 atom stereocenters. The first-order chi connectivity index (χ1) is 16.3. The van der Waals surface area contributed by atoms with Gasteiger partial charge in [0, 0.05) is 24.8 Å². The normalized spacial score (nSPS) is 12.0. The van der Waals surface area contributed by atoms with Gasteiger partial charge < -0.3 is 9.52 Å². The predicted molar refractivity (Wildman–Crippen MR) is 123 cm³/mol. The summed E-state index contributed by atoms with van der Waals surface area (Å²) in [6, 6.07) is 15.2. The summed E-state index contributed by atoms with van der Waals surface area (Å²) in [5, 5.41) is 9.87. The van der Waals surface area contributed by atoms with Gasteiger partial charge in [-0.2, -0.15) is 0 Å². The van der Waals surface area contributed by atoms with E-state index in [0.29, 0.717) is 22.8 Å². The number of aromatic nitrogens is 2. The summed E-state index contributed by atoms with van der Waals surface area (Å²) in [5.74, 6) is -2.39. The third kappa shape index (κ3) is 5.20. The van der Waals surface area contributed by atoms with Crippen LogP contribution < -0.4 is 0 Å². The first kappa shape index (κ1) is 23.3. The van der Waals surface area contributed by atoms with Crippen molar-refractivity contribution in [1.82, 2.24) is 9.97 Å². The summed E-state index contributed by atoms with van der Waals surface area (Å²) in [4.78, 5) is 21.3. The average Bonchev–Trinajstić information content (AvgIpc) is 3.14. The number of nitrogens with zero attached hydrogens (tertiary/aromatic N) is 2. The predicted octanol–water partition coefficient (Wildman–Crippen LogP) is 5.71. The number of furan rings is 1. The van der Waals surface area contributed by atoms with E-state index in [2.05, 4.69) is 9.97 Å². The van der Waals surface area contributed by atoms with Crippen molar-refractivity contribution in [2.75, 3.05) is 0 Å². The van der Waals surface area contributed by atoms with Crippen LogP contribution >= 0.6 is 0 Å². The van der Waals surface area contributed by atoms with E-state index >= 15 is 0 Å². The molecule has 2 heterocycles. The van der Waals surface area contributed by atoms with Gasteiger partial charge >= 0.3 is 5.97 Å². The van der Waals surface area contributed by atoms with E-state index in [1.165, 1.54) is 12.1 Å². The molecule has 0 spiro atoms. The summed E-state index contributed by atoms with van der Waals surface area (Å²) in [5.41, 5.74) is 3.30. The molecule has 4 rings (SSSR count). The quantitative estimate of drug-likeness (QED) is 0.363. The third-order valence-electron chi connectivity index (χ3n) is 5.84. The summed E-state index contributed by atoms with van der Waals surface area (Å²) in [6.07, 6.45) is 1.82. The Labute approximate surface area is 196 Å². The Balaban J connectivity index is 1.70. The lowest BCUT2D eigenvalue weighted by molar-refractivity contribution is -0.141. The van der Waals surface area contributed by atoms with Crippen molar-refractivity contribution in [2.24, 2.45) is 5.92 Å². The van der Waals surface area contributed by atoms with Gasteiger partial charge in [0.2, 0.25) is 0 Å². The SMILES string of the molecule is Cc1cc(CC(Cc2ncc(-c3ccccc3)nc2Cc2cccc(F)c2F)C(=O)O)oc1C. The van der Waals surface area contributed by atoms with Crippen molar-refractivity contribution in [3.8, 4) is 11.3 Å². The second kappa shape index (κ2) is 9.95. The molecule has 2 aromatic carbocycles. The molecule has 0 saturated carbocycles. The van der Waals surface area contributed by atoms with Crippen LogP contribution in [0.15, 0.2) is 65.2 Å². The lowest BCUT2D eigenvalue weighted by Gasteiger charge is -2.15. The molecule has 0 saturated heterocycles. The van der Waals surface area contributed by atoms with Gasteiger partial charge in [0.1, 0.15) is 11.5 Å². The van der Waals surface area contributed by atoms with Crippen molar-refractivity contribution < 1.29 is 23.1 Å². The number of carbonyl (C=O) groups is 1. The Morgan fingerprint density at radius 1 is 1.03 bits per heavy atom. The minimum atomic E-state index is -0.997. The largest absolute Gasteiger partial charge is 0.481 e. The van der Waals surface area contributed by atoms with Gasteiger partial charge in [-0.3, -0.25) is 9.78 Å². The van der Waals surface area contributed by atoms with E-state index < -0.39 is 23.5 Å². The van der Waals surface area contributed by atoms with Crippen molar-refractivity contribution in [3.63, 3.8) is 0 Å². The fourth-order valence-corrected chi connectivity index (χ4v) is 3.85. The highest BCUT2D eigenvalue weighted by molar-refractivity contribution is 5.70. The topological polar surface area (TPSA) is 76.2 Å². The molecule has 0 radical (unpaired) electrons. The van der Waals surface area contributed by atoms with E-state index in [0.717, 1.165) is 23.0 Å². The zero-order valence-corrected chi connectivity index (χ0v) is 18.9. The highest BCUT2D eigenvalue weighted by Crippen LogP contribution is 2.24. The fourth-order valence-electron chi connectivity index (χ4n) is 3.85. The number of benzene rings is 2. The van der Waals surface area contributed by atoms with Gasteiger partial charge in [-0.1, -0.05) is 42.5 Å². The Hall–Kier alpha value is -3.87. The Bertz CT molecular complexity index is 1300. The van der Waals surface area contributed by atoms with Crippen LogP contribution in [0.2, 0.25) is 0 Å². The fraction of sp³-hybridized carbons (Fsp3) is 0.222. The van der Waals surface area contributed by atoms with Gasteiger partial charge in [-0.05, 0) is 37.1 Å². The van der Waals surface area contributed by atoms with Crippen molar-refractivity contribution >= 4 is 5.97 Å². The minimum absolute atomic E-state index is 0.0160. The number of aryl methyl sites for hydroxylation is 2. The maximum atomic E-state index is 14.4. The second-order valence-electron chi connectivity index (χ2n) is 8.30. The molecule has 0 amide bonds.